The Kier molecular flexibility index (Phi) is 4.82. The normalized spacial score (nSPS) is 10.3. The Morgan fingerprint density at radius 3 is 2.52 bits per heavy atom. The molecule has 1 aromatic heterocycles. The summed E-state index contributed by atoms with van der Waals surface area (Å²) in [6.07, 6.45) is 6.45. The molecular formula is C16H15N3O2. The largest absolute Gasteiger partial charge is 0.326 e. The molecule has 0 saturated carbocycles. The number of hydrogen-bond acceptors (Lipinski definition) is 3. The first kappa shape index (κ1) is 14.5. The van der Waals surface area contributed by atoms with E-state index in [9.17, 15) is 9.59 Å². The minimum absolute atomic E-state index is 0.157. The zero-order valence-corrected chi connectivity index (χ0v) is 11.5. The maximum Gasteiger partial charge on any atom is 0.248 e. The highest BCUT2D eigenvalue weighted by molar-refractivity contribution is 6.02. The summed E-state index contributed by atoms with van der Waals surface area (Å²) in [5, 5.41) is 5.39. The van der Waals surface area contributed by atoms with Crippen LogP contribution in [0.2, 0.25) is 0 Å². The van der Waals surface area contributed by atoms with E-state index in [1.807, 2.05) is 6.07 Å². The van der Waals surface area contributed by atoms with E-state index in [-0.39, 0.29) is 11.8 Å². The van der Waals surface area contributed by atoms with Gasteiger partial charge in [-0.05, 0) is 35.9 Å². The molecule has 2 rings (SSSR count). The Balaban J connectivity index is 1.99. The second-order valence-corrected chi connectivity index (χ2v) is 4.37. The smallest absolute Gasteiger partial charge is 0.248 e. The van der Waals surface area contributed by atoms with Gasteiger partial charge in [0, 0.05) is 36.8 Å². The molecule has 2 aromatic rings. The molecule has 1 heterocycles. The van der Waals surface area contributed by atoms with Gasteiger partial charge in [-0.2, -0.15) is 0 Å². The summed E-state index contributed by atoms with van der Waals surface area (Å²) in [7, 11) is 0. The van der Waals surface area contributed by atoms with E-state index in [1.165, 1.54) is 13.0 Å². The van der Waals surface area contributed by atoms with Crippen molar-refractivity contribution >= 4 is 29.3 Å². The van der Waals surface area contributed by atoms with Gasteiger partial charge >= 0.3 is 0 Å². The first-order valence-corrected chi connectivity index (χ1v) is 6.40. The van der Waals surface area contributed by atoms with Crippen molar-refractivity contribution in [1.29, 1.82) is 0 Å². The zero-order chi connectivity index (χ0) is 15.1. The third-order valence-corrected chi connectivity index (χ3v) is 2.56. The standard InChI is InChI=1S/C16H15N3O2/c1-12(20)18-14-5-2-6-15(10-14)19-16(21)8-7-13-4-3-9-17-11-13/h2-11H,1H3,(H,18,20)(H,19,21)/b8-7+. The van der Waals surface area contributed by atoms with Gasteiger partial charge in [-0.15, -0.1) is 0 Å². The van der Waals surface area contributed by atoms with Gasteiger partial charge in [-0.1, -0.05) is 12.1 Å². The molecule has 2 amide bonds. The molecule has 0 aliphatic rings. The molecule has 0 saturated heterocycles. The Hall–Kier alpha value is -2.95. The Morgan fingerprint density at radius 2 is 1.86 bits per heavy atom. The summed E-state index contributed by atoms with van der Waals surface area (Å²) in [5.74, 6) is -0.409. The van der Waals surface area contributed by atoms with Crippen LogP contribution < -0.4 is 10.6 Å². The average molecular weight is 281 g/mol. The van der Waals surface area contributed by atoms with Gasteiger partial charge in [0.05, 0.1) is 0 Å². The highest BCUT2D eigenvalue weighted by Crippen LogP contribution is 2.15. The number of benzene rings is 1. The van der Waals surface area contributed by atoms with Gasteiger partial charge in [0.2, 0.25) is 11.8 Å². The summed E-state index contributed by atoms with van der Waals surface area (Å²) in [5.41, 5.74) is 2.10. The molecule has 0 unspecified atom stereocenters. The summed E-state index contributed by atoms with van der Waals surface area (Å²) in [6.45, 7) is 1.43. The number of amides is 2. The summed E-state index contributed by atoms with van der Waals surface area (Å²) in [4.78, 5) is 26.8. The quantitative estimate of drug-likeness (QED) is 0.846. The second kappa shape index (κ2) is 7.00. The van der Waals surface area contributed by atoms with Crippen LogP contribution in [-0.2, 0) is 9.59 Å². The van der Waals surface area contributed by atoms with Crippen LogP contribution in [-0.4, -0.2) is 16.8 Å². The first-order chi connectivity index (χ1) is 10.1. The van der Waals surface area contributed by atoms with Crippen LogP contribution in [0.5, 0.6) is 0 Å². The van der Waals surface area contributed by atoms with Crippen molar-refractivity contribution in [3.05, 3.63) is 60.4 Å². The van der Waals surface area contributed by atoms with Crippen molar-refractivity contribution in [2.24, 2.45) is 0 Å². The first-order valence-electron chi connectivity index (χ1n) is 6.40. The van der Waals surface area contributed by atoms with Crippen LogP contribution >= 0.6 is 0 Å². The van der Waals surface area contributed by atoms with Gasteiger partial charge in [0.25, 0.3) is 0 Å². The molecule has 1 aromatic carbocycles. The van der Waals surface area contributed by atoms with Gasteiger partial charge in [0.15, 0.2) is 0 Å². The van der Waals surface area contributed by atoms with Gasteiger partial charge < -0.3 is 10.6 Å². The molecule has 106 valence electrons. The molecule has 0 atom stereocenters. The maximum absolute atomic E-state index is 11.8. The fourth-order valence-corrected chi connectivity index (χ4v) is 1.71. The molecule has 2 N–H and O–H groups in total. The number of pyridine rings is 1. The molecule has 0 bridgehead atoms. The van der Waals surface area contributed by atoms with E-state index in [0.717, 1.165) is 5.56 Å². The zero-order valence-electron chi connectivity index (χ0n) is 11.5. The maximum atomic E-state index is 11.8. The van der Waals surface area contributed by atoms with E-state index in [4.69, 9.17) is 0 Å². The number of aromatic nitrogens is 1. The monoisotopic (exact) mass is 281 g/mol. The average Bonchev–Trinajstić information content (AvgIpc) is 2.46. The molecule has 0 fully saturated rings. The van der Waals surface area contributed by atoms with E-state index in [2.05, 4.69) is 15.6 Å². The van der Waals surface area contributed by atoms with Crippen LogP contribution in [0.4, 0.5) is 11.4 Å². The van der Waals surface area contributed by atoms with Crippen molar-refractivity contribution < 1.29 is 9.59 Å². The summed E-state index contributed by atoms with van der Waals surface area (Å²) < 4.78 is 0. The van der Waals surface area contributed by atoms with Crippen molar-refractivity contribution in [2.45, 2.75) is 6.92 Å². The van der Waals surface area contributed by atoms with E-state index in [1.54, 1.807) is 48.8 Å². The van der Waals surface area contributed by atoms with Crippen LogP contribution in [0.15, 0.2) is 54.9 Å². The number of nitrogens with zero attached hydrogens (tertiary/aromatic N) is 1. The van der Waals surface area contributed by atoms with Gasteiger partial charge in [-0.3, -0.25) is 14.6 Å². The third-order valence-electron chi connectivity index (χ3n) is 2.56. The Bertz CT molecular complexity index is 666. The lowest BCUT2D eigenvalue weighted by Gasteiger charge is -2.06. The fourth-order valence-electron chi connectivity index (χ4n) is 1.71. The number of nitrogens with one attached hydrogen (secondary N) is 2. The second-order valence-electron chi connectivity index (χ2n) is 4.37. The molecule has 0 radical (unpaired) electrons. The number of carbonyl (C=O) groups is 2. The van der Waals surface area contributed by atoms with Gasteiger partial charge in [-0.25, -0.2) is 0 Å². The number of anilines is 2. The van der Waals surface area contributed by atoms with Crippen LogP contribution in [0.25, 0.3) is 6.08 Å². The Labute approximate surface area is 122 Å². The molecule has 5 nitrogen and oxygen atoms in total. The highest BCUT2D eigenvalue weighted by Gasteiger charge is 2.00. The Morgan fingerprint density at radius 1 is 1.10 bits per heavy atom. The van der Waals surface area contributed by atoms with Crippen molar-refractivity contribution in [3.63, 3.8) is 0 Å². The molecule has 0 aliphatic carbocycles. The summed E-state index contributed by atoms with van der Waals surface area (Å²) in [6, 6.07) is 10.6. The van der Waals surface area contributed by atoms with Crippen LogP contribution in [0, 0.1) is 0 Å². The van der Waals surface area contributed by atoms with Crippen molar-refractivity contribution in [1.82, 2.24) is 4.98 Å². The van der Waals surface area contributed by atoms with E-state index in [0.29, 0.717) is 11.4 Å². The topological polar surface area (TPSA) is 71.1 Å². The predicted octanol–water partition coefficient (Wildman–Crippen LogP) is 2.69. The molecular weight excluding hydrogens is 266 g/mol. The minimum atomic E-state index is -0.251. The van der Waals surface area contributed by atoms with Crippen molar-refractivity contribution in [3.8, 4) is 0 Å². The fraction of sp³-hybridized carbons (Fsp3) is 0.0625. The number of rotatable bonds is 4. The lowest BCUT2D eigenvalue weighted by Crippen LogP contribution is -2.09. The number of carbonyl (C=O) groups excluding carboxylic acids is 2. The SMILES string of the molecule is CC(=O)Nc1cccc(NC(=O)/C=C/c2cccnc2)c1. The van der Waals surface area contributed by atoms with E-state index < -0.39 is 0 Å². The van der Waals surface area contributed by atoms with Crippen molar-refractivity contribution in [2.75, 3.05) is 10.6 Å². The minimum Gasteiger partial charge on any atom is -0.326 e. The molecule has 0 spiro atoms. The molecule has 5 heteroatoms. The predicted molar refractivity (Wildman–Crippen MR) is 82.6 cm³/mol. The summed E-state index contributed by atoms with van der Waals surface area (Å²) >= 11 is 0. The van der Waals surface area contributed by atoms with Gasteiger partial charge in [0.1, 0.15) is 0 Å². The molecule has 21 heavy (non-hydrogen) atoms. The van der Waals surface area contributed by atoms with Crippen LogP contribution in [0.3, 0.4) is 0 Å². The lowest BCUT2D eigenvalue weighted by molar-refractivity contribution is -0.114. The van der Waals surface area contributed by atoms with E-state index >= 15 is 0 Å². The number of hydrogen-bond donors (Lipinski definition) is 2. The molecule has 0 aliphatic heterocycles. The highest BCUT2D eigenvalue weighted by atomic mass is 16.2. The van der Waals surface area contributed by atoms with Crippen LogP contribution in [0.1, 0.15) is 12.5 Å². The lowest BCUT2D eigenvalue weighted by atomic mass is 10.2. The third kappa shape index (κ3) is 4.91.